The minimum Gasteiger partial charge on any atom is -0.381 e. The standard InChI is InChI=1S/C23H46O/c1-3-5-7-9-11-13-15-17-23(19-21-24-22-20-23)18-16-14-12-10-8-6-4-2/h3-22H2,1-2H3. The monoisotopic (exact) mass is 338 g/mol. The zero-order valence-electron chi connectivity index (χ0n) is 17.1. The van der Waals surface area contributed by atoms with E-state index >= 15 is 0 Å². The Morgan fingerprint density at radius 2 is 0.917 bits per heavy atom. The average molecular weight is 339 g/mol. The van der Waals surface area contributed by atoms with Gasteiger partial charge in [0.25, 0.3) is 0 Å². The maximum Gasteiger partial charge on any atom is 0.0471 e. The first-order valence-corrected chi connectivity index (χ1v) is 11.4. The second-order valence-corrected chi connectivity index (χ2v) is 8.36. The summed E-state index contributed by atoms with van der Waals surface area (Å²) in [4.78, 5) is 0. The Hall–Kier alpha value is -0.0400. The molecule has 0 aromatic heterocycles. The van der Waals surface area contributed by atoms with Crippen molar-refractivity contribution in [3.05, 3.63) is 0 Å². The summed E-state index contributed by atoms with van der Waals surface area (Å²) in [7, 11) is 0. The van der Waals surface area contributed by atoms with Crippen LogP contribution in [-0.4, -0.2) is 13.2 Å². The fourth-order valence-corrected chi connectivity index (χ4v) is 4.34. The zero-order valence-corrected chi connectivity index (χ0v) is 17.1. The van der Waals surface area contributed by atoms with Crippen molar-refractivity contribution in [2.24, 2.45) is 5.41 Å². The summed E-state index contributed by atoms with van der Waals surface area (Å²) < 4.78 is 5.67. The molecule has 0 aromatic carbocycles. The number of unbranched alkanes of at least 4 members (excludes halogenated alkanes) is 12. The third-order valence-corrected chi connectivity index (χ3v) is 6.17. The zero-order chi connectivity index (χ0) is 17.3. The smallest absolute Gasteiger partial charge is 0.0471 e. The van der Waals surface area contributed by atoms with Gasteiger partial charge in [-0.1, -0.05) is 104 Å². The Morgan fingerprint density at radius 1 is 0.542 bits per heavy atom. The molecule has 1 nitrogen and oxygen atoms in total. The minimum absolute atomic E-state index is 0.644. The topological polar surface area (TPSA) is 9.23 Å². The van der Waals surface area contributed by atoms with Crippen LogP contribution in [0.15, 0.2) is 0 Å². The lowest BCUT2D eigenvalue weighted by Gasteiger charge is -2.37. The van der Waals surface area contributed by atoms with E-state index in [1.807, 2.05) is 0 Å². The highest BCUT2D eigenvalue weighted by molar-refractivity contribution is 4.82. The Bertz CT molecular complexity index is 235. The Labute approximate surface area is 153 Å². The molecular formula is C23H46O. The highest BCUT2D eigenvalue weighted by atomic mass is 16.5. The molecule has 1 saturated heterocycles. The highest BCUT2D eigenvalue weighted by Gasteiger charge is 2.31. The molecule has 1 heteroatoms. The number of ether oxygens (including phenoxy) is 1. The first-order valence-electron chi connectivity index (χ1n) is 11.4. The van der Waals surface area contributed by atoms with E-state index in [9.17, 15) is 0 Å². The van der Waals surface area contributed by atoms with Gasteiger partial charge in [0.05, 0.1) is 0 Å². The molecule has 1 fully saturated rings. The predicted octanol–water partition coefficient (Wildman–Crippen LogP) is 8.06. The molecule has 0 aliphatic carbocycles. The second kappa shape index (κ2) is 15.2. The van der Waals surface area contributed by atoms with E-state index in [1.54, 1.807) is 0 Å². The van der Waals surface area contributed by atoms with Crippen molar-refractivity contribution in [3.8, 4) is 0 Å². The van der Waals surface area contributed by atoms with E-state index in [0.29, 0.717) is 5.41 Å². The van der Waals surface area contributed by atoms with Gasteiger partial charge in [0.15, 0.2) is 0 Å². The van der Waals surface area contributed by atoms with E-state index in [4.69, 9.17) is 4.74 Å². The van der Waals surface area contributed by atoms with Crippen LogP contribution in [0.1, 0.15) is 129 Å². The lowest BCUT2D eigenvalue weighted by molar-refractivity contribution is 0.00289. The molecule has 0 spiro atoms. The van der Waals surface area contributed by atoms with Crippen molar-refractivity contribution in [2.75, 3.05) is 13.2 Å². The van der Waals surface area contributed by atoms with Gasteiger partial charge in [0, 0.05) is 13.2 Å². The Morgan fingerprint density at radius 3 is 1.33 bits per heavy atom. The van der Waals surface area contributed by atoms with Crippen LogP contribution in [0.2, 0.25) is 0 Å². The van der Waals surface area contributed by atoms with Crippen molar-refractivity contribution in [1.29, 1.82) is 0 Å². The molecule has 0 aromatic rings. The molecule has 1 aliphatic rings. The van der Waals surface area contributed by atoms with Crippen molar-refractivity contribution >= 4 is 0 Å². The normalized spacial score (nSPS) is 17.2. The molecule has 144 valence electrons. The summed E-state index contributed by atoms with van der Waals surface area (Å²) in [5, 5.41) is 0. The average Bonchev–Trinajstić information content (AvgIpc) is 2.61. The van der Waals surface area contributed by atoms with Crippen LogP contribution >= 0.6 is 0 Å². The maximum absolute atomic E-state index is 5.67. The van der Waals surface area contributed by atoms with Gasteiger partial charge < -0.3 is 4.74 Å². The van der Waals surface area contributed by atoms with Crippen LogP contribution in [-0.2, 0) is 4.74 Å². The van der Waals surface area contributed by atoms with Crippen molar-refractivity contribution < 1.29 is 4.74 Å². The number of rotatable bonds is 16. The largest absolute Gasteiger partial charge is 0.381 e. The van der Waals surface area contributed by atoms with Gasteiger partial charge in [-0.25, -0.2) is 0 Å². The first-order chi connectivity index (χ1) is 11.8. The third-order valence-electron chi connectivity index (χ3n) is 6.17. The summed E-state index contributed by atoms with van der Waals surface area (Å²) >= 11 is 0. The number of hydrogen-bond acceptors (Lipinski definition) is 1. The van der Waals surface area contributed by atoms with Gasteiger partial charge in [-0.15, -0.1) is 0 Å². The molecule has 0 N–H and O–H groups in total. The molecule has 1 heterocycles. The van der Waals surface area contributed by atoms with Gasteiger partial charge >= 0.3 is 0 Å². The molecule has 24 heavy (non-hydrogen) atoms. The van der Waals surface area contributed by atoms with E-state index in [1.165, 1.54) is 116 Å². The number of hydrogen-bond donors (Lipinski definition) is 0. The molecule has 0 amide bonds. The molecule has 0 saturated carbocycles. The van der Waals surface area contributed by atoms with E-state index < -0.39 is 0 Å². The summed E-state index contributed by atoms with van der Waals surface area (Å²) in [6, 6.07) is 0. The van der Waals surface area contributed by atoms with Crippen LogP contribution in [0, 0.1) is 5.41 Å². The summed E-state index contributed by atoms with van der Waals surface area (Å²) in [6.07, 6.45) is 25.8. The van der Waals surface area contributed by atoms with Crippen LogP contribution in [0.3, 0.4) is 0 Å². The molecule has 0 atom stereocenters. The summed E-state index contributed by atoms with van der Waals surface area (Å²) in [5.74, 6) is 0. The highest BCUT2D eigenvalue weighted by Crippen LogP contribution is 2.41. The van der Waals surface area contributed by atoms with Crippen molar-refractivity contribution in [1.82, 2.24) is 0 Å². The molecular weight excluding hydrogens is 292 g/mol. The van der Waals surface area contributed by atoms with Crippen molar-refractivity contribution in [3.63, 3.8) is 0 Å². The molecule has 1 rings (SSSR count). The van der Waals surface area contributed by atoms with Gasteiger partial charge in [-0.2, -0.15) is 0 Å². The third kappa shape index (κ3) is 10.7. The minimum atomic E-state index is 0.644. The fourth-order valence-electron chi connectivity index (χ4n) is 4.34. The van der Waals surface area contributed by atoms with Crippen molar-refractivity contribution in [2.45, 2.75) is 129 Å². The molecule has 0 radical (unpaired) electrons. The summed E-state index contributed by atoms with van der Waals surface area (Å²) in [6.45, 7) is 6.65. The summed E-state index contributed by atoms with van der Waals surface area (Å²) in [5.41, 5.74) is 0.644. The molecule has 0 bridgehead atoms. The SMILES string of the molecule is CCCCCCCCCC1(CCCCCCCCC)CCOCC1. The molecule has 0 unspecified atom stereocenters. The van der Waals surface area contributed by atoms with Crippen LogP contribution in [0.5, 0.6) is 0 Å². The van der Waals surface area contributed by atoms with Crippen LogP contribution in [0.4, 0.5) is 0 Å². The van der Waals surface area contributed by atoms with Gasteiger partial charge in [0.1, 0.15) is 0 Å². The lowest BCUT2D eigenvalue weighted by Crippen LogP contribution is -2.29. The van der Waals surface area contributed by atoms with Gasteiger partial charge in [0.2, 0.25) is 0 Å². The second-order valence-electron chi connectivity index (χ2n) is 8.36. The van der Waals surface area contributed by atoms with Crippen LogP contribution in [0.25, 0.3) is 0 Å². The van der Waals surface area contributed by atoms with E-state index in [2.05, 4.69) is 13.8 Å². The fraction of sp³-hybridized carbons (Fsp3) is 1.00. The first kappa shape index (κ1) is 22.0. The predicted molar refractivity (Wildman–Crippen MR) is 108 cm³/mol. The van der Waals surface area contributed by atoms with E-state index in [-0.39, 0.29) is 0 Å². The lowest BCUT2D eigenvalue weighted by atomic mass is 9.72. The quantitative estimate of drug-likeness (QED) is 0.258. The Kier molecular flexibility index (Phi) is 14.0. The van der Waals surface area contributed by atoms with Gasteiger partial charge in [-0.3, -0.25) is 0 Å². The van der Waals surface area contributed by atoms with Gasteiger partial charge in [-0.05, 0) is 31.1 Å². The Balaban J connectivity index is 2.12. The maximum atomic E-state index is 5.67. The molecule has 1 aliphatic heterocycles. The van der Waals surface area contributed by atoms with E-state index in [0.717, 1.165) is 13.2 Å². The van der Waals surface area contributed by atoms with Crippen LogP contribution < -0.4 is 0 Å².